The fourth-order valence-electron chi connectivity index (χ4n) is 1.82. The molecule has 0 aliphatic heterocycles. The van der Waals surface area contributed by atoms with Crippen LogP contribution in [0.3, 0.4) is 0 Å². The van der Waals surface area contributed by atoms with E-state index in [-0.39, 0.29) is 11.8 Å². The third-order valence-corrected chi connectivity index (χ3v) is 2.86. The minimum absolute atomic E-state index is 0.0107. The van der Waals surface area contributed by atoms with Crippen molar-refractivity contribution in [2.75, 3.05) is 0 Å². The summed E-state index contributed by atoms with van der Waals surface area (Å²) in [7, 11) is 0. The number of fused-ring (bicyclic) bond motifs is 1. The summed E-state index contributed by atoms with van der Waals surface area (Å²) >= 11 is 5.89. The van der Waals surface area contributed by atoms with Crippen LogP contribution in [0.4, 0.5) is 0 Å². The third-order valence-electron chi connectivity index (χ3n) is 2.59. The van der Waals surface area contributed by atoms with Crippen LogP contribution in [-0.2, 0) is 4.79 Å². The first-order valence-corrected chi connectivity index (χ1v) is 5.17. The maximum Gasteiger partial charge on any atom is 0.165 e. The van der Waals surface area contributed by atoms with E-state index < -0.39 is 0 Å². The molecule has 80 valence electrons. The van der Waals surface area contributed by atoms with Gasteiger partial charge in [0.1, 0.15) is 11.8 Å². The summed E-state index contributed by atoms with van der Waals surface area (Å²) in [5.41, 5.74) is 1.22. The minimum atomic E-state index is -0.0107. The number of aromatic nitrogens is 4. The molecular weight excluding hydrogens is 228 g/mol. The summed E-state index contributed by atoms with van der Waals surface area (Å²) in [6, 6.07) is -0.0107. The van der Waals surface area contributed by atoms with Gasteiger partial charge in [0, 0.05) is 6.42 Å². The number of allylic oxidation sites excluding steroid dienone is 2. The Kier molecular flexibility index (Phi) is 2.00. The average Bonchev–Trinajstić information content (AvgIpc) is 2.84. The first-order chi connectivity index (χ1) is 7.75. The van der Waals surface area contributed by atoms with E-state index in [0.717, 1.165) is 0 Å². The van der Waals surface area contributed by atoms with Crippen molar-refractivity contribution in [3.8, 4) is 0 Å². The van der Waals surface area contributed by atoms with Crippen molar-refractivity contribution in [1.29, 1.82) is 0 Å². The first kappa shape index (κ1) is 9.47. The van der Waals surface area contributed by atoms with Gasteiger partial charge in [-0.25, -0.2) is 15.0 Å². The molecule has 0 radical (unpaired) electrons. The minimum Gasteiger partial charge on any atom is -0.308 e. The van der Waals surface area contributed by atoms with E-state index in [1.54, 1.807) is 12.4 Å². The number of nitrogens with zero attached hydrogens (tertiary/aromatic N) is 4. The lowest BCUT2D eigenvalue weighted by atomic mass is 10.2. The van der Waals surface area contributed by atoms with Crippen molar-refractivity contribution < 1.29 is 4.79 Å². The molecule has 0 saturated heterocycles. The zero-order valence-electron chi connectivity index (χ0n) is 8.17. The Morgan fingerprint density at radius 3 is 3.00 bits per heavy atom. The highest BCUT2D eigenvalue weighted by molar-refractivity contribution is 6.33. The van der Waals surface area contributed by atoms with Crippen LogP contribution in [0.2, 0.25) is 5.15 Å². The summed E-state index contributed by atoms with van der Waals surface area (Å²) in [6.07, 6.45) is 6.91. The van der Waals surface area contributed by atoms with Gasteiger partial charge >= 0.3 is 0 Å². The van der Waals surface area contributed by atoms with E-state index in [1.807, 2.05) is 10.6 Å². The fourth-order valence-corrected chi connectivity index (χ4v) is 1.99. The Bertz CT molecular complexity index is 604. The van der Waals surface area contributed by atoms with Crippen molar-refractivity contribution in [1.82, 2.24) is 19.5 Å². The summed E-state index contributed by atoms with van der Waals surface area (Å²) in [5.74, 6) is 0.118. The zero-order valence-corrected chi connectivity index (χ0v) is 8.92. The van der Waals surface area contributed by atoms with Crippen LogP contribution < -0.4 is 0 Å². The molecule has 1 atom stereocenters. The number of hydrogen-bond donors (Lipinski definition) is 0. The lowest BCUT2D eigenvalue weighted by Gasteiger charge is -2.08. The standard InChI is InChI=1S/C10H7ClN4O/c11-9-8-10(13-4-12-9)15(5-14-8)6-1-2-7(16)3-6/h1-2,4-6H,3H2/t6-/m1/s1. The molecule has 0 amide bonds. The van der Waals surface area contributed by atoms with E-state index in [1.165, 1.54) is 6.33 Å². The van der Waals surface area contributed by atoms with Gasteiger partial charge in [-0.1, -0.05) is 17.7 Å². The molecule has 0 bridgehead atoms. The molecule has 0 unspecified atom stereocenters. The Balaban J connectivity index is 2.15. The van der Waals surface area contributed by atoms with Crippen LogP contribution >= 0.6 is 11.6 Å². The molecule has 6 heteroatoms. The third kappa shape index (κ3) is 1.32. The molecule has 5 nitrogen and oxygen atoms in total. The molecule has 2 heterocycles. The van der Waals surface area contributed by atoms with Gasteiger partial charge in [0.25, 0.3) is 0 Å². The number of carbonyl (C=O) groups excluding carboxylic acids is 1. The SMILES string of the molecule is O=C1C=C[C@@H](n2cnc3c(Cl)ncnc32)C1. The zero-order chi connectivity index (χ0) is 11.1. The van der Waals surface area contributed by atoms with Gasteiger partial charge in [-0.2, -0.15) is 0 Å². The van der Waals surface area contributed by atoms with Crippen molar-refractivity contribution in [3.63, 3.8) is 0 Å². The van der Waals surface area contributed by atoms with Crippen molar-refractivity contribution in [2.45, 2.75) is 12.5 Å². The van der Waals surface area contributed by atoms with Crippen molar-refractivity contribution >= 4 is 28.5 Å². The molecule has 0 saturated carbocycles. The molecule has 1 aliphatic carbocycles. The maximum atomic E-state index is 11.2. The van der Waals surface area contributed by atoms with Gasteiger partial charge in [0.2, 0.25) is 0 Å². The van der Waals surface area contributed by atoms with Gasteiger partial charge in [-0.15, -0.1) is 0 Å². The molecule has 0 N–H and O–H groups in total. The molecule has 1 aliphatic rings. The number of imidazole rings is 1. The highest BCUT2D eigenvalue weighted by Gasteiger charge is 2.20. The molecule has 3 rings (SSSR count). The highest BCUT2D eigenvalue weighted by atomic mass is 35.5. The van der Waals surface area contributed by atoms with Crippen molar-refractivity contribution in [3.05, 3.63) is 30.0 Å². The quantitative estimate of drug-likeness (QED) is 0.703. The molecule has 0 fully saturated rings. The Morgan fingerprint density at radius 1 is 1.38 bits per heavy atom. The first-order valence-electron chi connectivity index (χ1n) is 4.80. The summed E-state index contributed by atoms with van der Waals surface area (Å²) in [5, 5.41) is 0.331. The second-order valence-electron chi connectivity index (χ2n) is 3.59. The van der Waals surface area contributed by atoms with E-state index in [2.05, 4.69) is 15.0 Å². The largest absolute Gasteiger partial charge is 0.308 e. The van der Waals surface area contributed by atoms with Crippen LogP contribution in [-0.4, -0.2) is 25.3 Å². The van der Waals surface area contributed by atoms with Gasteiger partial charge in [-0.05, 0) is 6.08 Å². The van der Waals surface area contributed by atoms with Crippen LogP contribution in [0, 0.1) is 0 Å². The van der Waals surface area contributed by atoms with Gasteiger partial charge < -0.3 is 4.57 Å². The highest BCUT2D eigenvalue weighted by Crippen LogP contribution is 2.25. The Hall–Kier alpha value is -1.75. The summed E-state index contributed by atoms with van der Waals surface area (Å²) in [4.78, 5) is 23.3. The molecule has 2 aromatic heterocycles. The average molecular weight is 235 g/mol. The molecule has 16 heavy (non-hydrogen) atoms. The van der Waals surface area contributed by atoms with Crippen LogP contribution in [0.25, 0.3) is 11.2 Å². The normalized spacial score (nSPS) is 19.8. The Labute approximate surface area is 95.8 Å². The van der Waals surface area contributed by atoms with E-state index in [4.69, 9.17) is 11.6 Å². The summed E-state index contributed by atoms with van der Waals surface area (Å²) < 4.78 is 1.84. The molecule has 0 aromatic carbocycles. The van der Waals surface area contributed by atoms with Crippen molar-refractivity contribution in [2.24, 2.45) is 0 Å². The van der Waals surface area contributed by atoms with Gasteiger partial charge in [0.15, 0.2) is 16.6 Å². The Morgan fingerprint density at radius 2 is 2.25 bits per heavy atom. The predicted molar refractivity (Wildman–Crippen MR) is 58.1 cm³/mol. The molecular formula is C10H7ClN4O. The number of ketones is 1. The van der Waals surface area contributed by atoms with E-state index >= 15 is 0 Å². The molecule has 0 spiro atoms. The monoisotopic (exact) mass is 234 g/mol. The van der Waals surface area contributed by atoms with E-state index in [0.29, 0.717) is 22.7 Å². The molecule has 2 aromatic rings. The van der Waals surface area contributed by atoms with Crippen LogP contribution in [0.1, 0.15) is 12.5 Å². The van der Waals surface area contributed by atoms with Crippen LogP contribution in [0.15, 0.2) is 24.8 Å². The fraction of sp³-hybridized carbons (Fsp3) is 0.200. The number of rotatable bonds is 1. The lowest BCUT2D eigenvalue weighted by molar-refractivity contribution is -0.114. The number of carbonyl (C=O) groups is 1. The predicted octanol–water partition coefficient (Wildman–Crippen LogP) is 1.55. The maximum absolute atomic E-state index is 11.2. The lowest BCUT2D eigenvalue weighted by Crippen LogP contribution is -2.05. The van der Waals surface area contributed by atoms with Crippen LogP contribution in [0.5, 0.6) is 0 Å². The topological polar surface area (TPSA) is 60.7 Å². The smallest absolute Gasteiger partial charge is 0.165 e. The number of hydrogen-bond acceptors (Lipinski definition) is 4. The van der Waals surface area contributed by atoms with E-state index in [9.17, 15) is 4.79 Å². The summed E-state index contributed by atoms with van der Waals surface area (Å²) in [6.45, 7) is 0. The number of halogens is 1. The second kappa shape index (κ2) is 3.38. The van der Waals surface area contributed by atoms with Gasteiger partial charge in [0.05, 0.1) is 12.4 Å². The van der Waals surface area contributed by atoms with Gasteiger partial charge in [-0.3, -0.25) is 4.79 Å². The second-order valence-corrected chi connectivity index (χ2v) is 3.94.